The van der Waals surface area contributed by atoms with Crippen LogP contribution >= 0.6 is 0 Å². The van der Waals surface area contributed by atoms with Crippen molar-refractivity contribution in [1.82, 2.24) is 15.5 Å². The van der Waals surface area contributed by atoms with Crippen LogP contribution in [0.5, 0.6) is 5.75 Å². The second kappa shape index (κ2) is 10.3. The van der Waals surface area contributed by atoms with Crippen LogP contribution in [0.4, 0.5) is 13.2 Å². The zero-order valence-corrected chi connectivity index (χ0v) is 17.3. The molecule has 30 heavy (non-hydrogen) atoms. The van der Waals surface area contributed by atoms with E-state index in [1.807, 2.05) is 6.92 Å². The van der Waals surface area contributed by atoms with Gasteiger partial charge in [0, 0.05) is 31.7 Å². The molecular weight excluding hydrogens is 397 g/mol. The van der Waals surface area contributed by atoms with E-state index in [0.29, 0.717) is 18.5 Å². The van der Waals surface area contributed by atoms with Crippen molar-refractivity contribution in [2.24, 2.45) is 4.99 Å². The highest BCUT2D eigenvalue weighted by atomic mass is 19.4. The molecule has 0 aromatic heterocycles. The van der Waals surface area contributed by atoms with Gasteiger partial charge < -0.3 is 25.4 Å². The predicted octanol–water partition coefficient (Wildman–Crippen LogP) is 2.63. The van der Waals surface area contributed by atoms with Gasteiger partial charge in [-0.25, -0.2) is 0 Å². The van der Waals surface area contributed by atoms with E-state index < -0.39 is 17.8 Å². The molecule has 0 radical (unpaired) electrons. The van der Waals surface area contributed by atoms with E-state index in [1.165, 1.54) is 25.0 Å². The molecule has 1 saturated heterocycles. The summed E-state index contributed by atoms with van der Waals surface area (Å²) < 4.78 is 43.1. The number of ether oxygens (including phenoxy) is 1. The van der Waals surface area contributed by atoms with Gasteiger partial charge in [0.25, 0.3) is 0 Å². The molecule has 1 heterocycles. The molecular formula is C21H31F3N4O2. The van der Waals surface area contributed by atoms with Gasteiger partial charge in [0.15, 0.2) is 5.96 Å². The number of hydrogen-bond acceptors (Lipinski definition) is 4. The Morgan fingerprint density at radius 2 is 1.87 bits per heavy atom. The van der Waals surface area contributed by atoms with Gasteiger partial charge in [-0.2, -0.15) is 13.2 Å². The summed E-state index contributed by atoms with van der Waals surface area (Å²) in [5.41, 5.74) is -0.732. The third-order valence-corrected chi connectivity index (χ3v) is 5.36. The quantitative estimate of drug-likeness (QED) is 0.439. The highest BCUT2D eigenvalue weighted by molar-refractivity contribution is 5.80. The number of aliphatic imine (C=N–C) groups is 1. The summed E-state index contributed by atoms with van der Waals surface area (Å²) in [5, 5.41) is 16.8. The van der Waals surface area contributed by atoms with Gasteiger partial charge in [-0.15, -0.1) is 0 Å². The molecule has 1 atom stereocenters. The lowest BCUT2D eigenvalue weighted by Crippen LogP contribution is -2.49. The number of benzene rings is 1. The number of nitrogens with one attached hydrogen (secondary N) is 2. The Kier molecular flexibility index (Phi) is 7.82. The normalized spacial score (nSPS) is 20.1. The third kappa shape index (κ3) is 7.05. The molecule has 0 amide bonds. The Morgan fingerprint density at radius 3 is 2.43 bits per heavy atom. The Hall–Kier alpha value is -2.00. The number of aliphatic hydroxyl groups excluding tert-OH is 1. The van der Waals surface area contributed by atoms with Crippen LogP contribution in [-0.4, -0.2) is 66.9 Å². The van der Waals surface area contributed by atoms with E-state index in [1.54, 1.807) is 0 Å². The number of rotatable bonds is 8. The fourth-order valence-corrected chi connectivity index (χ4v) is 3.54. The van der Waals surface area contributed by atoms with Crippen LogP contribution in [-0.2, 0) is 6.18 Å². The summed E-state index contributed by atoms with van der Waals surface area (Å²) in [6, 6.07) is 5.58. The number of alkyl halides is 3. The molecule has 3 rings (SSSR count). The molecule has 3 N–H and O–H groups in total. The average Bonchev–Trinajstić information content (AvgIpc) is 3.56. The molecule has 2 fully saturated rings. The van der Waals surface area contributed by atoms with Crippen LogP contribution in [0.2, 0.25) is 0 Å². The smallest absolute Gasteiger partial charge is 0.416 e. The minimum Gasteiger partial charge on any atom is -0.491 e. The van der Waals surface area contributed by atoms with Crippen molar-refractivity contribution >= 4 is 5.96 Å². The van der Waals surface area contributed by atoms with Crippen LogP contribution in [0.1, 0.15) is 38.2 Å². The first-order chi connectivity index (χ1) is 14.3. The predicted molar refractivity (Wildman–Crippen MR) is 110 cm³/mol. The number of piperidine rings is 1. The maximum absolute atomic E-state index is 12.6. The van der Waals surface area contributed by atoms with Crippen LogP contribution in [0, 0.1) is 0 Å². The van der Waals surface area contributed by atoms with E-state index in [-0.39, 0.29) is 18.9 Å². The van der Waals surface area contributed by atoms with Crippen molar-refractivity contribution in [3.05, 3.63) is 29.8 Å². The van der Waals surface area contributed by atoms with Crippen molar-refractivity contribution in [2.75, 3.05) is 32.8 Å². The Morgan fingerprint density at radius 1 is 1.20 bits per heavy atom. The zero-order valence-electron chi connectivity index (χ0n) is 17.3. The molecule has 0 spiro atoms. The van der Waals surface area contributed by atoms with Crippen LogP contribution in [0.15, 0.2) is 29.3 Å². The number of likely N-dealkylation sites (tertiary alicyclic amines) is 1. The summed E-state index contributed by atoms with van der Waals surface area (Å²) in [6.07, 6.45) is -0.444. The summed E-state index contributed by atoms with van der Waals surface area (Å²) in [5.74, 6) is 0.939. The molecule has 1 aromatic carbocycles. The van der Waals surface area contributed by atoms with Crippen molar-refractivity contribution < 1.29 is 23.0 Å². The molecule has 168 valence electrons. The molecule has 1 aliphatic heterocycles. The van der Waals surface area contributed by atoms with Crippen LogP contribution < -0.4 is 15.4 Å². The first-order valence-corrected chi connectivity index (χ1v) is 10.6. The molecule has 1 saturated carbocycles. The Balaban J connectivity index is 1.42. The first-order valence-electron chi connectivity index (χ1n) is 10.6. The van der Waals surface area contributed by atoms with Gasteiger partial charge in [0.1, 0.15) is 18.5 Å². The van der Waals surface area contributed by atoms with E-state index in [0.717, 1.165) is 44.1 Å². The maximum atomic E-state index is 12.6. The first kappa shape index (κ1) is 22.7. The lowest BCUT2D eigenvalue weighted by atomic mass is 10.1. The number of hydrogen-bond donors (Lipinski definition) is 3. The largest absolute Gasteiger partial charge is 0.491 e. The van der Waals surface area contributed by atoms with Crippen LogP contribution in [0.3, 0.4) is 0 Å². The SMILES string of the molecule is CCNC(=NCC(O)COc1ccc(C(F)(F)F)cc1)NC1CCN(C2CC2)CC1. The Labute approximate surface area is 175 Å². The lowest BCUT2D eigenvalue weighted by molar-refractivity contribution is -0.137. The Bertz CT molecular complexity index is 684. The number of halogens is 3. The second-order valence-corrected chi connectivity index (χ2v) is 7.89. The molecule has 9 heteroatoms. The second-order valence-electron chi connectivity index (χ2n) is 7.89. The molecule has 1 aromatic rings. The highest BCUT2D eigenvalue weighted by Gasteiger charge is 2.32. The summed E-state index contributed by atoms with van der Waals surface area (Å²) in [7, 11) is 0. The zero-order chi connectivity index (χ0) is 21.6. The van der Waals surface area contributed by atoms with Crippen molar-refractivity contribution in [3.63, 3.8) is 0 Å². The van der Waals surface area contributed by atoms with Gasteiger partial charge in [-0.3, -0.25) is 4.99 Å². The van der Waals surface area contributed by atoms with Crippen molar-refractivity contribution in [3.8, 4) is 5.75 Å². The van der Waals surface area contributed by atoms with Gasteiger partial charge in [-0.05, 0) is 56.9 Å². The fraction of sp³-hybridized carbons (Fsp3) is 0.667. The van der Waals surface area contributed by atoms with Gasteiger partial charge in [0.05, 0.1) is 12.1 Å². The van der Waals surface area contributed by atoms with Gasteiger partial charge in [0.2, 0.25) is 0 Å². The average molecular weight is 428 g/mol. The summed E-state index contributed by atoms with van der Waals surface area (Å²) >= 11 is 0. The molecule has 1 aliphatic carbocycles. The molecule has 0 bridgehead atoms. The molecule has 6 nitrogen and oxygen atoms in total. The minimum atomic E-state index is -4.38. The van der Waals surface area contributed by atoms with Crippen molar-refractivity contribution in [2.45, 2.75) is 57.0 Å². The highest BCUT2D eigenvalue weighted by Crippen LogP contribution is 2.30. The summed E-state index contributed by atoms with van der Waals surface area (Å²) in [6.45, 7) is 4.99. The number of guanidine groups is 1. The topological polar surface area (TPSA) is 69.1 Å². The van der Waals surface area contributed by atoms with Gasteiger partial charge >= 0.3 is 6.18 Å². The minimum absolute atomic E-state index is 0.0476. The lowest BCUT2D eigenvalue weighted by Gasteiger charge is -2.33. The van der Waals surface area contributed by atoms with Crippen molar-refractivity contribution in [1.29, 1.82) is 0 Å². The monoisotopic (exact) mass is 428 g/mol. The fourth-order valence-electron chi connectivity index (χ4n) is 3.54. The number of aliphatic hydroxyl groups is 1. The maximum Gasteiger partial charge on any atom is 0.416 e. The van der Waals surface area contributed by atoms with Crippen LogP contribution in [0.25, 0.3) is 0 Å². The van der Waals surface area contributed by atoms with E-state index in [2.05, 4.69) is 20.5 Å². The van der Waals surface area contributed by atoms with Gasteiger partial charge in [-0.1, -0.05) is 0 Å². The molecule has 1 unspecified atom stereocenters. The third-order valence-electron chi connectivity index (χ3n) is 5.36. The van der Waals surface area contributed by atoms with E-state index >= 15 is 0 Å². The summed E-state index contributed by atoms with van der Waals surface area (Å²) in [4.78, 5) is 6.99. The van der Waals surface area contributed by atoms with E-state index in [4.69, 9.17) is 4.74 Å². The number of nitrogens with zero attached hydrogens (tertiary/aromatic N) is 2. The van der Waals surface area contributed by atoms with E-state index in [9.17, 15) is 18.3 Å². The molecule has 2 aliphatic rings. The standard InChI is InChI=1S/C21H31F3N4O2/c1-2-25-20(27-16-9-11-28(12-10-16)17-5-6-17)26-13-18(29)14-30-19-7-3-15(4-8-19)21(22,23)24/h3-4,7-8,16-18,29H,2,5-6,9-14H2,1H3,(H2,25,26,27).